The van der Waals surface area contributed by atoms with Crippen molar-refractivity contribution in [1.29, 1.82) is 0 Å². The van der Waals surface area contributed by atoms with Crippen LogP contribution in [0.5, 0.6) is 5.75 Å². The second kappa shape index (κ2) is 4.12. The standard InChI is InChI=1S/C7H6F4N2O/c8-3-1-4(14-2-5(9)10)6(11)13-7(3)12/h1,5H,2H2,(H2,12,13). The molecule has 0 atom stereocenters. The Labute approximate surface area is 76.5 Å². The van der Waals surface area contributed by atoms with E-state index in [1.165, 1.54) is 0 Å². The number of nitrogens with two attached hydrogens (primary N) is 1. The summed E-state index contributed by atoms with van der Waals surface area (Å²) in [6, 6.07) is 0.569. The summed E-state index contributed by atoms with van der Waals surface area (Å²) >= 11 is 0. The largest absolute Gasteiger partial charge is 0.483 e. The molecular formula is C7H6F4N2O. The quantitative estimate of drug-likeness (QED) is 0.608. The lowest BCUT2D eigenvalue weighted by Crippen LogP contribution is -2.09. The van der Waals surface area contributed by atoms with Gasteiger partial charge >= 0.3 is 0 Å². The highest BCUT2D eigenvalue weighted by Gasteiger charge is 2.12. The van der Waals surface area contributed by atoms with Crippen LogP contribution >= 0.6 is 0 Å². The lowest BCUT2D eigenvalue weighted by molar-refractivity contribution is 0.0792. The third-order valence-corrected chi connectivity index (χ3v) is 1.29. The summed E-state index contributed by atoms with van der Waals surface area (Å²) < 4.78 is 53.0. The predicted octanol–water partition coefficient (Wildman–Crippen LogP) is 1.59. The van der Waals surface area contributed by atoms with Gasteiger partial charge in [0.25, 0.3) is 12.4 Å². The summed E-state index contributed by atoms with van der Waals surface area (Å²) in [6.07, 6.45) is -2.77. The van der Waals surface area contributed by atoms with Crippen molar-refractivity contribution in [2.45, 2.75) is 6.43 Å². The number of pyridine rings is 1. The highest BCUT2D eigenvalue weighted by atomic mass is 19.3. The molecule has 3 nitrogen and oxygen atoms in total. The molecule has 1 rings (SSSR count). The first kappa shape index (κ1) is 10.6. The maximum Gasteiger partial charge on any atom is 0.272 e. The zero-order chi connectivity index (χ0) is 10.7. The van der Waals surface area contributed by atoms with Gasteiger partial charge in [-0.25, -0.2) is 13.2 Å². The van der Waals surface area contributed by atoms with E-state index in [0.29, 0.717) is 6.07 Å². The molecule has 0 unspecified atom stereocenters. The second-order valence-electron chi connectivity index (χ2n) is 2.35. The molecular weight excluding hydrogens is 204 g/mol. The van der Waals surface area contributed by atoms with Gasteiger partial charge in [-0.3, -0.25) is 0 Å². The first-order valence-corrected chi connectivity index (χ1v) is 3.53. The van der Waals surface area contributed by atoms with Crippen LogP contribution in [0.1, 0.15) is 0 Å². The van der Waals surface area contributed by atoms with E-state index in [4.69, 9.17) is 5.73 Å². The number of hydrogen-bond acceptors (Lipinski definition) is 3. The molecule has 0 aliphatic rings. The molecule has 1 heterocycles. The van der Waals surface area contributed by atoms with Crippen LogP contribution in [0.25, 0.3) is 0 Å². The Morgan fingerprint density at radius 3 is 2.64 bits per heavy atom. The van der Waals surface area contributed by atoms with Crippen LogP contribution in [0.2, 0.25) is 0 Å². The molecule has 2 N–H and O–H groups in total. The maximum absolute atomic E-state index is 12.8. The van der Waals surface area contributed by atoms with E-state index in [1.54, 1.807) is 0 Å². The number of ether oxygens (including phenoxy) is 1. The van der Waals surface area contributed by atoms with Crippen LogP contribution in [-0.2, 0) is 0 Å². The molecule has 1 aromatic heterocycles. The van der Waals surface area contributed by atoms with Gasteiger partial charge in [0.2, 0.25) is 0 Å². The van der Waals surface area contributed by atoms with Gasteiger partial charge in [-0.2, -0.15) is 9.37 Å². The zero-order valence-electron chi connectivity index (χ0n) is 6.81. The summed E-state index contributed by atoms with van der Waals surface area (Å²) in [5.74, 6) is -3.57. The fraction of sp³-hybridized carbons (Fsp3) is 0.286. The van der Waals surface area contributed by atoms with Crippen molar-refractivity contribution in [2.75, 3.05) is 12.3 Å². The number of halogens is 4. The van der Waals surface area contributed by atoms with Crippen molar-refractivity contribution in [2.24, 2.45) is 0 Å². The van der Waals surface area contributed by atoms with Crippen LogP contribution in [0.4, 0.5) is 23.4 Å². The van der Waals surface area contributed by atoms with E-state index in [2.05, 4.69) is 9.72 Å². The van der Waals surface area contributed by atoms with Gasteiger partial charge in [0.15, 0.2) is 17.4 Å². The first-order chi connectivity index (χ1) is 6.50. The van der Waals surface area contributed by atoms with Crippen LogP contribution in [0, 0.1) is 11.8 Å². The van der Waals surface area contributed by atoms with Crippen molar-refractivity contribution >= 4 is 5.82 Å². The molecule has 0 radical (unpaired) electrons. The molecule has 7 heteroatoms. The van der Waals surface area contributed by atoms with E-state index in [0.717, 1.165) is 0 Å². The normalized spacial score (nSPS) is 10.6. The molecule has 0 bridgehead atoms. The van der Waals surface area contributed by atoms with Crippen molar-refractivity contribution in [3.8, 4) is 5.75 Å². The topological polar surface area (TPSA) is 48.1 Å². The van der Waals surface area contributed by atoms with Crippen molar-refractivity contribution in [3.63, 3.8) is 0 Å². The van der Waals surface area contributed by atoms with E-state index >= 15 is 0 Å². The number of aromatic nitrogens is 1. The SMILES string of the molecule is Nc1nc(F)c(OCC(F)F)cc1F. The lowest BCUT2D eigenvalue weighted by atomic mass is 10.4. The average Bonchev–Trinajstić information content (AvgIpc) is 2.09. The third-order valence-electron chi connectivity index (χ3n) is 1.29. The van der Waals surface area contributed by atoms with Gasteiger partial charge in [0.05, 0.1) is 0 Å². The number of nitrogens with zero attached hydrogens (tertiary/aromatic N) is 1. The van der Waals surface area contributed by atoms with Gasteiger partial charge in [-0.15, -0.1) is 0 Å². The maximum atomic E-state index is 12.8. The second-order valence-corrected chi connectivity index (χ2v) is 2.35. The Bertz CT molecular complexity index is 332. The number of nitrogen functional groups attached to an aromatic ring is 1. The summed E-state index contributed by atoms with van der Waals surface area (Å²) in [5.41, 5.74) is 4.92. The molecule has 0 fully saturated rings. The highest BCUT2D eigenvalue weighted by Crippen LogP contribution is 2.19. The molecule has 0 aliphatic heterocycles. The molecule has 1 aromatic rings. The Hall–Kier alpha value is -1.53. The minimum atomic E-state index is -2.77. The van der Waals surface area contributed by atoms with E-state index in [1.807, 2.05) is 0 Å². The third kappa shape index (κ3) is 2.48. The van der Waals surface area contributed by atoms with Gasteiger partial charge in [0.1, 0.15) is 6.61 Å². The number of anilines is 1. The number of hydrogen-bond donors (Lipinski definition) is 1. The molecule has 0 saturated carbocycles. The number of rotatable bonds is 3. The summed E-state index contributed by atoms with van der Waals surface area (Å²) in [7, 11) is 0. The molecule has 78 valence electrons. The fourth-order valence-electron chi connectivity index (χ4n) is 0.717. The highest BCUT2D eigenvalue weighted by molar-refractivity contribution is 5.35. The number of alkyl halides is 2. The van der Waals surface area contributed by atoms with Gasteiger partial charge in [-0.1, -0.05) is 0 Å². The van der Waals surface area contributed by atoms with E-state index in [-0.39, 0.29) is 0 Å². The van der Waals surface area contributed by atoms with Gasteiger partial charge in [-0.05, 0) is 0 Å². The smallest absolute Gasteiger partial charge is 0.272 e. The van der Waals surface area contributed by atoms with Crippen LogP contribution < -0.4 is 10.5 Å². The minimum absolute atomic E-state index is 0.569. The van der Waals surface area contributed by atoms with Gasteiger partial charge in [0, 0.05) is 6.07 Å². The van der Waals surface area contributed by atoms with Crippen molar-refractivity contribution in [3.05, 3.63) is 17.8 Å². The Morgan fingerprint density at radius 1 is 1.43 bits per heavy atom. The first-order valence-electron chi connectivity index (χ1n) is 3.53. The average molecular weight is 210 g/mol. The Morgan fingerprint density at radius 2 is 2.07 bits per heavy atom. The molecule has 0 aromatic carbocycles. The summed E-state index contributed by atoms with van der Waals surface area (Å²) in [5, 5.41) is 0. The van der Waals surface area contributed by atoms with Crippen molar-refractivity contribution < 1.29 is 22.3 Å². The fourth-order valence-corrected chi connectivity index (χ4v) is 0.717. The molecule has 0 aliphatic carbocycles. The van der Waals surface area contributed by atoms with Gasteiger partial charge < -0.3 is 10.5 Å². The lowest BCUT2D eigenvalue weighted by Gasteiger charge is -2.06. The van der Waals surface area contributed by atoms with E-state index < -0.39 is 36.4 Å². The minimum Gasteiger partial charge on any atom is -0.483 e. The Balaban J connectivity index is 2.82. The van der Waals surface area contributed by atoms with E-state index in [9.17, 15) is 17.6 Å². The zero-order valence-corrected chi connectivity index (χ0v) is 6.81. The molecule has 0 amide bonds. The Kier molecular flexibility index (Phi) is 3.10. The van der Waals surface area contributed by atoms with Crippen LogP contribution in [0.3, 0.4) is 0 Å². The van der Waals surface area contributed by atoms with Crippen LogP contribution in [0.15, 0.2) is 6.07 Å². The molecule has 14 heavy (non-hydrogen) atoms. The summed E-state index contributed by atoms with van der Waals surface area (Å²) in [6.45, 7) is -1.03. The molecule has 0 spiro atoms. The molecule has 0 saturated heterocycles. The van der Waals surface area contributed by atoms with Crippen LogP contribution in [-0.4, -0.2) is 18.0 Å². The van der Waals surface area contributed by atoms with Crippen molar-refractivity contribution in [1.82, 2.24) is 4.98 Å². The summed E-state index contributed by atoms with van der Waals surface area (Å²) in [4.78, 5) is 2.92. The predicted molar refractivity (Wildman–Crippen MR) is 40.1 cm³/mol. The monoisotopic (exact) mass is 210 g/mol.